The molecule has 0 saturated carbocycles. The fourth-order valence-electron chi connectivity index (χ4n) is 2.03. The van der Waals surface area contributed by atoms with E-state index >= 15 is 0 Å². The predicted molar refractivity (Wildman–Crippen MR) is 94.1 cm³/mol. The first-order valence-electron chi connectivity index (χ1n) is 6.93. The number of nitro groups is 2. The molecule has 2 aromatic rings. The van der Waals surface area contributed by atoms with Crippen molar-refractivity contribution in [3.05, 3.63) is 65.7 Å². The van der Waals surface area contributed by atoms with Gasteiger partial charge in [-0.2, -0.15) is 18.3 Å². The molecule has 2 rings (SSSR count). The lowest BCUT2D eigenvalue weighted by molar-refractivity contribution is -0.392. The summed E-state index contributed by atoms with van der Waals surface area (Å²) in [6.45, 7) is 0. The number of halogens is 5. The highest BCUT2D eigenvalue weighted by Crippen LogP contribution is 2.41. The molecule has 0 aliphatic heterocycles. The lowest BCUT2D eigenvalue weighted by Gasteiger charge is -2.09. The van der Waals surface area contributed by atoms with Crippen LogP contribution in [-0.4, -0.2) is 21.2 Å². The van der Waals surface area contributed by atoms with Crippen molar-refractivity contribution < 1.29 is 28.1 Å². The second-order valence-electron chi connectivity index (χ2n) is 5.10. The summed E-state index contributed by atoms with van der Waals surface area (Å²) in [6, 6.07) is 2.70. The molecule has 28 heavy (non-hydrogen) atoms. The average molecular weight is 439 g/mol. The highest BCUT2D eigenvalue weighted by atomic mass is 35.5. The van der Waals surface area contributed by atoms with E-state index in [2.05, 4.69) is 5.10 Å². The minimum atomic E-state index is -5.04. The zero-order valence-corrected chi connectivity index (χ0v) is 14.7. The molecule has 2 N–H and O–H groups in total. The standard InChI is InChI=1S/C14H7Cl2F3N4O5/c15-8-1-6(13(24)9(16)4-8)5-20-21-12-10(22(25)26)2-7(14(17,18)19)3-11(12)23(27)28/h1-5,21,24H. The zero-order chi connectivity index (χ0) is 21.2. The monoisotopic (exact) mass is 438 g/mol. The third-order valence-electron chi connectivity index (χ3n) is 3.26. The minimum absolute atomic E-state index is 0.0535. The number of nitrogens with zero attached hydrogens (tertiary/aromatic N) is 3. The molecule has 0 bridgehead atoms. The van der Waals surface area contributed by atoms with Crippen molar-refractivity contribution >= 4 is 46.5 Å². The van der Waals surface area contributed by atoms with Gasteiger partial charge in [0, 0.05) is 22.7 Å². The molecule has 0 unspecified atom stereocenters. The molecule has 0 saturated heterocycles. The SMILES string of the molecule is O=[N+]([O-])c1cc(C(F)(F)F)cc([N+](=O)[O-])c1NN=Cc1cc(Cl)cc(Cl)c1O. The van der Waals surface area contributed by atoms with Gasteiger partial charge in [-0.1, -0.05) is 23.2 Å². The molecular formula is C14H7Cl2F3N4O5. The van der Waals surface area contributed by atoms with Crippen LogP contribution in [0.3, 0.4) is 0 Å². The Bertz CT molecular complexity index is 963. The molecule has 0 radical (unpaired) electrons. The summed E-state index contributed by atoms with van der Waals surface area (Å²) in [4.78, 5) is 19.7. The number of phenolic OH excluding ortho intramolecular Hbond substituents is 1. The first kappa shape index (κ1) is 21.2. The summed E-state index contributed by atoms with van der Waals surface area (Å²) >= 11 is 11.5. The summed E-state index contributed by atoms with van der Waals surface area (Å²) in [5.74, 6) is -0.451. The number of hydrogen-bond donors (Lipinski definition) is 2. The van der Waals surface area contributed by atoms with E-state index in [1.807, 2.05) is 5.43 Å². The molecule has 0 aliphatic rings. The molecule has 0 amide bonds. The highest BCUT2D eigenvalue weighted by molar-refractivity contribution is 6.36. The Balaban J connectivity index is 2.53. The topological polar surface area (TPSA) is 131 Å². The van der Waals surface area contributed by atoms with Crippen LogP contribution in [0.1, 0.15) is 11.1 Å². The van der Waals surface area contributed by atoms with E-state index in [9.17, 15) is 38.5 Å². The van der Waals surface area contributed by atoms with E-state index in [0.717, 1.165) is 6.21 Å². The number of phenols is 1. The van der Waals surface area contributed by atoms with Crippen LogP contribution in [0.25, 0.3) is 0 Å². The van der Waals surface area contributed by atoms with Crippen LogP contribution in [0.2, 0.25) is 10.0 Å². The Morgan fingerprint density at radius 3 is 2.07 bits per heavy atom. The first-order chi connectivity index (χ1) is 12.9. The molecule has 2 aromatic carbocycles. The molecule has 9 nitrogen and oxygen atoms in total. The van der Waals surface area contributed by atoms with Gasteiger partial charge in [0.1, 0.15) is 5.75 Å². The van der Waals surface area contributed by atoms with E-state index < -0.39 is 44.4 Å². The van der Waals surface area contributed by atoms with Gasteiger partial charge in [0.05, 0.1) is 26.6 Å². The van der Waals surface area contributed by atoms with Crippen molar-refractivity contribution in [2.24, 2.45) is 5.10 Å². The Labute approximate surface area is 163 Å². The zero-order valence-electron chi connectivity index (χ0n) is 13.2. The second-order valence-corrected chi connectivity index (χ2v) is 5.94. The Morgan fingerprint density at radius 2 is 1.61 bits per heavy atom. The lowest BCUT2D eigenvalue weighted by Crippen LogP contribution is -2.09. The first-order valence-corrected chi connectivity index (χ1v) is 7.68. The number of benzene rings is 2. The molecule has 148 valence electrons. The van der Waals surface area contributed by atoms with Gasteiger partial charge in [-0.05, 0) is 12.1 Å². The van der Waals surface area contributed by atoms with E-state index in [0.29, 0.717) is 0 Å². The molecule has 0 aromatic heterocycles. The van der Waals surface area contributed by atoms with E-state index in [1.165, 1.54) is 12.1 Å². The molecule has 14 heteroatoms. The Kier molecular flexibility index (Phi) is 5.95. The number of aromatic hydroxyl groups is 1. The minimum Gasteiger partial charge on any atom is -0.506 e. The summed E-state index contributed by atoms with van der Waals surface area (Å²) < 4.78 is 38.6. The van der Waals surface area contributed by atoms with Crippen molar-refractivity contribution in [2.45, 2.75) is 6.18 Å². The van der Waals surface area contributed by atoms with Crippen LogP contribution in [0.4, 0.5) is 30.2 Å². The van der Waals surface area contributed by atoms with Crippen molar-refractivity contribution in [3.8, 4) is 5.75 Å². The van der Waals surface area contributed by atoms with Crippen molar-refractivity contribution in [3.63, 3.8) is 0 Å². The summed E-state index contributed by atoms with van der Waals surface area (Å²) in [5.41, 5.74) is -2.98. The van der Waals surface area contributed by atoms with Crippen molar-refractivity contribution in [1.82, 2.24) is 0 Å². The predicted octanol–water partition coefficient (Wildman–Crippen LogP) is 4.98. The largest absolute Gasteiger partial charge is 0.506 e. The lowest BCUT2D eigenvalue weighted by atomic mass is 10.1. The van der Waals surface area contributed by atoms with Gasteiger partial charge in [-0.3, -0.25) is 25.7 Å². The van der Waals surface area contributed by atoms with Crippen LogP contribution in [0, 0.1) is 20.2 Å². The third kappa shape index (κ3) is 4.58. The third-order valence-corrected chi connectivity index (χ3v) is 3.76. The van der Waals surface area contributed by atoms with Crippen LogP contribution < -0.4 is 5.43 Å². The van der Waals surface area contributed by atoms with Crippen LogP contribution in [0.15, 0.2) is 29.4 Å². The van der Waals surface area contributed by atoms with E-state index in [4.69, 9.17) is 23.2 Å². The quantitative estimate of drug-likeness (QED) is 0.384. The maximum absolute atomic E-state index is 12.9. The van der Waals surface area contributed by atoms with Gasteiger partial charge in [0.2, 0.25) is 5.69 Å². The van der Waals surface area contributed by atoms with Gasteiger partial charge in [0.25, 0.3) is 0 Å². The van der Waals surface area contributed by atoms with Crippen molar-refractivity contribution in [2.75, 3.05) is 5.43 Å². The van der Waals surface area contributed by atoms with Gasteiger partial charge < -0.3 is 5.11 Å². The fraction of sp³-hybridized carbons (Fsp3) is 0.0714. The Morgan fingerprint density at radius 1 is 1.07 bits per heavy atom. The number of hydrazone groups is 1. The summed E-state index contributed by atoms with van der Waals surface area (Å²) in [5, 5.41) is 35.4. The fourth-order valence-corrected chi connectivity index (χ4v) is 2.54. The maximum Gasteiger partial charge on any atom is 0.416 e. The highest BCUT2D eigenvalue weighted by Gasteiger charge is 2.37. The molecule has 0 heterocycles. The van der Waals surface area contributed by atoms with Gasteiger partial charge in [0.15, 0.2) is 0 Å². The van der Waals surface area contributed by atoms with E-state index in [-0.39, 0.29) is 27.7 Å². The number of hydrogen-bond acceptors (Lipinski definition) is 7. The average Bonchev–Trinajstić information content (AvgIpc) is 2.57. The number of rotatable bonds is 5. The number of alkyl halides is 3. The van der Waals surface area contributed by atoms with Gasteiger partial charge in [-0.15, -0.1) is 0 Å². The molecule has 0 spiro atoms. The van der Waals surface area contributed by atoms with Crippen LogP contribution >= 0.6 is 23.2 Å². The second kappa shape index (κ2) is 7.86. The van der Waals surface area contributed by atoms with Gasteiger partial charge in [-0.25, -0.2) is 0 Å². The number of anilines is 1. The normalized spacial score (nSPS) is 11.6. The number of nitrogens with one attached hydrogen (secondary N) is 1. The molecule has 0 fully saturated rings. The maximum atomic E-state index is 12.9. The smallest absolute Gasteiger partial charge is 0.416 e. The van der Waals surface area contributed by atoms with Crippen LogP contribution in [0.5, 0.6) is 5.75 Å². The molecular weight excluding hydrogens is 432 g/mol. The summed E-state index contributed by atoms with van der Waals surface area (Å²) in [6.07, 6.45) is -4.17. The van der Waals surface area contributed by atoms with Crippen molar-refractivity contribution in [1.29, 1.82) is 0 Å². The molecule has 0 atom stereocenters. The van der Waals surface area contributed by atoms with Gasteiger partial charge >= 0.3 is 17.6 Å². The molecule has 0 aliphatic carbocycles. The number of nitro benzene ring substituents is 2. The van der Waals surface area contributed by atoms with Crippen LogP contribution in [-0.2, 0) is 6.18 Å². The summed E-state index contributed by atoms with van der Waals surface area (Å²) in [7, 11) is 0. The Hall–Kier alpha value is -3.12. The van der Waals surface area contributed by atoms with E-state index in [1.54, 1.807) is 0 Å².